The Bertz CT molecular complexity index is 1250. The molecule has 0 aliphatic rings. The topological polar surface area (TPSA) is 9.23 Å². The van der Waals surface area contributed by atoms with Gasteiger partial charge in [0.15, 0.2) is 5.12 Å². The third-order valence-corrected chi connectivity index (χ3v) is 11.7. The van der Waals surface area contributed by atoms with E-state index < -0.39 is 7.26 Å². The van der Waals surface area contributed by atoms with Crippen LogP contribution in [0.1, 0.15) is 16.2 Å². The van der Waals surface area contributed by atoms with Crippen LogP contribution in [-0.4, -0.2) is 0 Å². The second kappa shape index (κ2) is 10.9. The monoisotopic (exact) mass is 493 g/mol. The normalized spacial score (nSPS) is 12.1. The predicted octanol–water partition coefficient (Wildman–Crippen LogP) is 7.50. The number of rotatable bonds is 8. The largest absolute Gasteiger partial charge is 0.489 e. The Labute approximate surface area is 213 Å². The Morgan fingerprint density at radius 2 is 1.00 bits per heavy atom. The van der Waals surface area contributed by atoms with Gasteiger partial charge < -0.3 is 4.74 Å². The molecule has 0 bridgehead atoms. The molecule has 1 atom stereocenters. The number of alkyl halides is 1. The number of halogens is 1. The quantitative estimate of drug-likeness (QED) is 0.161. The zero-order chi connectivity index (χ0) is 23.9. The number of benzene rings is 5. The minimum Gasteiger partial charge on any atom is -0.489 e. The molecule has 0 aromatic heterocycles. The van der Waals surface area contributed by atoms with Gasteiger partial charge in [-0.2, -0.15) is 0 Å². The molecule has 0 aliphatic carbocycles. The predicted molar refractivity (Wildman–Crippen MR) is 151 cm³/mol. The number of hydrogen-bond donors (Lipinski definition) is 0. The standard InChI is InChI=1S/C32H27ClOP/c33-32(27-16-13-17-28(24-27)34-25-26-14-5-1-6-15-26)35(29-18-7-2-8-19-29,30-20-9-3-10-21-30)31-22-11-4-12-23-31/h1-24,32H,25H2/q+1. The van der Waals surface area contributed by atoms with Crippen LogP contribution in [0, 0.1) is 0 Å². The fourth-order valence-electron chi connectivity index (χ4n) is 4.55. The summed E-state index contributed by atoms with van der Waals surface area (Å²) in [5, 5.41) is 3.50. The lowest BCUT2D eigenvalue weighted by molar-refractivity contribution is 0.306. The molecule has 0 amide bonds. The summed E-state index contributed by atoms with van der Waals surface area (Å²) in [7, 11) is -2.25. The summed E-state index contributed by atoms with van der Waals surface area (Å²) >= 11 is 7.62. The van der Waals surface area contributed by atoms with Crippen molar-refractivity contribution in [3.05, 3.63) is 157 Å². The lowest BCUT2D eigenvalue weighted by atomic mass is 10.2. The summed E-state index contributed by atoms with van der Waals surface area (Å²) < 4.78 is 6.17. The van der Waals surface area contributed by atoms with Gasteiger partial charge in [0, 0.05) is 5.56 Å². The van der Waals surface area contributed by atoms with Crippen LogP contribution in [0.4, 0.5) is 0 Å². The molecule has 0 fully saturated rings. The Morgan fingerprint density at radius 1 is 0.543 bits per heavy atom. The van der Waals surface area contributed by atoms with Gasteiger partial charge in [0.25, 0.3) is 0 Å². The first-order valence-corrected chi connectivity index (χ1v) is 14.0. The molecule has 0 N–H and O–H groups in total. The van der Waals surface area contributed by atoms with Crippen LogP contribution in [0.5, 0.6) is 5.75 Å². The van der Waals surface area contributed by atoms with Crippen LogP contribution in [-0.2, 0) is 6.61 Å². The fraction of sp³-hybridized carbons (Fsp3) is 0.0625. The number of ether oxygens (including phenoxy) is 1. The molecular weight excluding hydrogens is 467 g/mol. The van der Waals surface area contributed by atoms with E-state index in [4.69, 9.17) is 16.3 Å². The first-order chi connectivity index (χ1) is 17.3. The molecule has 0 radical (unpaired) electrons. The molecule has 0 saturated carbocycles. The number of hydrogen-bond acceptors (Lipinski definition) is 1. The minimum absolute atomic E-state index is 0.269. The van der Waals surface area contributed by atoms with Gasteiger partial charge >= 0.3 is 0 Å². The van der Waals surface area contributed by atoms with Crippen molar-refractivity contribution in [2.45, 2.75) is 11.7 Å². The SMILES string of the molecule is ClC(c1cccc(OCc2ccccc2)c1)[P+](c1ccccc1)(c1ccccc1)c1ccccc1. The smallest absolute Gasteiger partial charge is 0.181 e. The molecule has 1 unspecified atom stereocenters. The Hall–Kier alpha value is -3.38. The first kappa shape index (κ1) is 23.4. The maximum atomic E-state index is 7.62. The average molecular weight is 494 g/mol. The second-order valence-electron chi connectivity index (χ2n) is 8.41. The molecule has 1 nitrogen and oxygen atoms in total. The van der Waals surface area contributed by atoms with Crippen LogP contribution in [0.2, 0.25) is 0 Å². The van der Waals surface area contributed by atoms with Crippen LogP contribution in [0.3, 0.4) is 0 Å². The van der Waals surface area contributed by atoms with E-state index in [9.17, 15) is 0 Å². The van der Waals surface area contributed by atoms with E-state index in [1.165, 1.54) is 15.9 Å². The molecule has 0 heterocycles. The van der Waals surface area contributed by atoms with Crippen molar-refractivity contribution in [2.24, 2.45) is 0 Å². The van der Waals surface area contributed by atoms with Crippen LogP contribution >= 0.6 is 18.9 Å². The summed E-state index contributed by atoms with van der Waals surface area (Å²) in [6.07, 6.45) is 0. The van der Waals surface area contributed by atoms with E-state index in [1.807, 2.05) is 30.3 Å². The van der Waals surface area contributed by atoms with Gasteiger partial charge in [0.1, 0.15) is 35.5 Å². The van der Waals surface area contributed by atoms with Gasteiger partial charge in [-0.15, -0.1) is 0 Å². The summed E-state index contributed by atoms with van der Waals surface area (Å²) in [6.45, 7) is 0.521. The maximum absolute atomic E-state index is 7.62. The highest BCUT2D eigenvalue weighted by atomic mass is 35.5. The van der Waals surface area contributed by atoms with Crippen LogP contribution in [0.15, 0.2) is 146 Å². The highest BCUT2D eigenvalue weighted by Crippen LogP contribution is 2.68. The van der Waals surface area contributed by atoms with Crippen molar-refractivity contribution in [3.63, 3.8) is 0 Å². The van der Waals surface area contributed by atoms with E-state index in [1.54, 1.807) is 0 Å². The average Bonchev–Trinajstić information content (AvgIpc) is 2.95. The van der Waals surface area contributed by atoms with Gasteiger partial charge in [0.05, 0.1) is 0 Å². The third-order valence-electron chi connectivity index (χ3n) is 6.21. The molecule has 0 spiro atoms. The molecule has 5 rings (SSSR count). The van der Waals surface area contributed by atoms with Crippen molar-refractivity contribution in [3.8, 4) is 5.75 Å². The Balaban J connectivity index is 1.62. The lowest BCUT2D eigenvalue weighted by Gasteiger charge is -2.31. The summed E-state index contributed by atoms with van der Waals surface area (Å²) in [5.74, 6) is 0.823. The fourth-order valence-corrected chi connectivity index (χ4v) is 9.91. The molecule has 5 aromatic carbocycles. The van der Waals surface area contributed by atoms with Crippen LogP contribution in [0.25, 0.3) is 0 Å². The van der Waals surface area contributed by atoms with Crippen LogP contribution < -0.4 is 20.7 Å². The van der Waals surface area contributed by atoms with E-state index in [0.29, 0.717) is 6.61 Å². The van der Waals surface area contributed by atoms with Gasteiger partial charge in [-0.1, -0.05) is 109 Å². The van der Waals surface area contributed by atoms with Crippen molar-refractivity contribution in [1.29, 1.82) is 0 Å². The van der Waals surface area contributed by atoms with E-state index in [-0.39, 0.29) is 5.12 Å². The van der Waals surface area contributed by atoms with E-state index >= 15 is 0 Å². The minimum atomic E-state index is -2.25. The van der Waals surface area contributed by atoms with E-state index in [2.05, 4.69) is 115 Å². The molecule has 0 saturated heterocycles. The highest BCUT2D eigenvalue weighted by molar-refractivity contribution is 7.96. The van der Waals surface area contributed by atoms with Gasteiger partial charge in [0.2, 0.25) is 0 Å². The van der Waals surface area contributed by atoms with Crippen molar-refractivity contribution < 1.29 is 4.74 Å². The van der Waals surface area contributed by atoms with Crippen molar-refractivity contribution >= 4 is 34.8 Å². The lowest BCUT2D eigenvalue weighted by Crippen LogP contribution is -2.33. The second-order valence-corrected chi connectivity index (χ2v) is 12.7. The molecule has 3 heteroatoms. The van der Waals surface area contributed by atoms with Crippen molar-refractivity contribution in [1.82, 2.24) is 0 Å². The molecule has 35 heavy (non-hydrogen) atoms. The molecule has 172 valence electrons. The van der Waals surface area contributed by atoms with Gasteiger partial charge in [-0.3, -0.25) is 0 Å². The zero-order valence-electron chi connectivity index (χ0n) is 19.4. The molecule has 0 aliphatic heterocycles. The zero-order valence-corrected chi connectivity index (χ0v) is 21.0. The Morgan fingerprint density at radius 3 is 1.49 bits per heavy atom. The highest BCUT2D eigenvalue weighted by Gasteiger charge is 2.52. The third kappa shape index (κ3) is 4.89. The molecular formula is C32H27ClOP+. The van der Waals surface area contributed by atoms with E-state index in [0.717, 1.165) is 16.9 Å². The Kier molecular flexibility index (Phi) is 7.28. The van der Waals surface area contributed by atoms with Gasteiger partial charge in [-0.25, -0.2) is 0 Å². The summed E-state index contributed by atoms with van der Waals surface area (Å²) in [5.41, 5.74) is 2.20. The van der Waals surface area contributed by atoms with Crippen molar-refractivity contribution in [2.75, 3.05) is 0 Å². The summed E-state index contributed by atoms with van der Waals surface area (Å²) in [6, 6.07) is 50.7. The molecule has 5 aromatic rings. The van der Waals surface area contributed by atoms with Gasteiger partial charge in [-0.05, 0) is 54.1 Å². The first-order valence-electron chi connectivity index (χ1n) is 11.7. The maximum Gasteiger partial charge on any atom is 0.181 e. The summed E-state index contributed by atoms with van der Waals surface area (Å²) in [4.78, 5) is 0.